The molecule has 23 heavy (non-hydrogen) atoms. The Balaban J connectivity index is 2.02. The summed E-state index contributed by atoms with van der Waals surface area (Å²) in [6, 6.07) is 26.9. The minimum absolute atomic E-state index is 0.113. The third-order valence-corrected chi connectivity index (χ3v) is 3.72. The molecular weight excluding hydrogens is 286 g/mol. The lowest BCUT2D eigenvalue weighted by Gasteiger charge is -2.22. The van der Waals surface area contributed by atoms with Crippen molar-refractivity contribution < 1.29 is 9.90 Å². The highest BCUT2D eigenvalue weighted by Crippen LogP contribution is 2.28. The lowest BCUT2D eigenvalue weighted by molar-refractivity contribution is 0.0698. The first kappa shape index (κ1) is 14.9. The van der Waals surface area contributed by atoms with Gasteiger partial charge in [0.2, 0.25) is 0 Å². The molecule has 0 radical (unpaired) electrons. The second-order valence-electron chi connectivity index (χ2n) is 5.25. The molecular formula is C20H17NO2. The van der Waals surface area contributed by atoms with Crippen molar-refractivity contribution in [3.8, 4) is 0 Å². The molecule has 2 N–H and O–H groups in total. The van der Waals surface area contributed by atoms with Crippen LogP contribution in [0.2, 0.25) is 0 Å². The van der Waals surface area contributed by atoms with Crippen LogP contribution in [-0.4, -0.2) is 11.1 Å². The van der Waals surface area contributed by atoms with E-state index >= 15 is 0 Å². The largest absolute Gasteiger partial charge is 0.478 e. The van der Waals surface area contributed by atoms with Crippen molar-refractivity contribution in [3.05, 3.63) is 102 Å². The Labute approximate surface area is 135 Å². The van der Waals surface area contributed by atoms with Gasteiger partial charge in [-0.15, -0.1) is 0 Å². The predicted molar refractivity (Wildman–Crippen MR) is 91.8 cm³/mol. The summed E-state index contributed by atoms with van der Waals surface area (Å²) >= 11 is 0. The van der Waals surface area contributed by atoms with Crippen LogP contribution in [0.1, 0.15) is 27.5 Å². The van der Waals surface area contributed by atoms with Crippen LogP contribution in [0.15, 0.2) is 84.9 Å². The Morgan fingerprint density at radius 3 is 1.74 bits per heavy atom. The topological polar surface area (TPSA) is 49.3 Å². The summed E-state index contributed by atoms with van der Waals surface area (Å²) in [7, 11) is 0. The van der Waals surface area contributed by atoms with Crippen LogP contribution >= 0.6 is 0 Å². The first-order valence-electron chi connectivity index (χ1n) is 7.44. The molecule has 0 aliphatic heterocycles. The first-order chi connectivity index (χ1) is 11.3. The molecule has 0 aromatic heterocycles. The molecule has 0 bridgehead atoms. The smallest absolute Gasteiger partial charge is 0.337 e. The Hall–Kier alpha value is -3.07. The van der Waals surface area contributed by atoms with Crippen molar-refractivity contribution in [2.75, 3.05) is 5.32 Å². The lowest BCUT2D eigenvalue weighted by Crippen LogP contribution is -2.14. The van der Waals surface area contributed by atoms with E-state index in [2.05, 4.69) is 5.32 Å². The Morgan fingerprint density at radius 1 is 0.739 bits per heavy atom. The zero-order chi connectivity index (χ0) is 16.1. The number of nitrogens with one attached hydrogen (secondary N) is 1. The van der Waals surface area contributed by atoms with Gasteiger partial charge in [-0.3, -0.25) is 0 Å². The molecule has 3 aromatic carbocycles. The van der Waals surface area contributed by atoms with E-state index in [0.29, 0.717) is 5.69 Å². The maximum absolute atomic E-state index is 11.4. The number of carboxylic acids is 1. The van der Waals surface area contributed by atoms with Gasteiger partial charge in [-0.05, 0) is 23.3 Å². The molecule has 3 rings (SSSR count). The maximum Gasteiger partial charge on any atom is 0.337 e. The van der Waals surface area contributed by atoms with Gasteiger partial charge in [0.15, 0.2) is 0 Å². The number of aromatic carboxylic acids is 1. The van der Waals surface area contributed by atoms with Crippen molar-refractivity contribution in [2.24, 2.45) is 0 Å². The molecule has 114 valence electrons. The molecule has 3 heteroatoms. The van der Waals surface area contributed by atoms with Gasteiger partial charge in [0, 0.05) is 5.69 Å². The summed E-state index contributed by atoms with van der Waals surface area (Å²) in [5, 5.41) is 12.8. The fourth-order valence-corrected chi connectivity index (χ4v) is 2.60. The van der Waals surface area contributed by atoms with Gasteiger partial charge in [-0.2, -0.15) is 0 Å². The van der Waals surface area contributed by atoms with E-state index in [1.165, 1.54) is 0 Å². The minimum atomic E-state index is -0.937. The lowest BCUT2D eigenvalue weighted by atomic mass is 9.98. The van der Waals surface area contributed by atoms with Gasteiger partial charge in [-0.1, -0.05) is 72.8 Å². The SMILES string of the molecule is O=C(O)c1ccccc1NC(c1ccccc1)c1ccccc1. The standard InChI is InChI=1S/C20H17NO2/c22-20(23)17-13-7-8-14-18(17)21-19(15-9-3-1-4-10-15)16-11-5-2-6-12-16/h1-14,19,21H,(H,22,23). The van der Waals surface area contributed by atoms with Crippen LogP contribution in [-0.2, 0) is 0 Å². The molecule has 0 aliphatic carbocycles. The molecule has 0 spiro atoms. The number of hydrogen-bond acceptors (Lipinski definition) is 2. The van der Waals surface area contributed by atoms with E-state index in [1.807, 2.05) is 66.7 Å². The highest BCUT2D eigenvalue weighted by molar-refractivity contribution is 5.94. The van der Waals surface area contributed by atoms with E-state index in [-0.39, 0.29) is 11.6 Å². The normalized spacial score (nSPS) is 10.5. The Kier molecular flexibility index (Phi) is 4.39. The van der Waals surface area contributed by atoms with Gasteiger partial charge >= 0.3 is 5.97 Å². The van der Waals surface area contributed by atoms with Crippen LogP contribution < -0.4 is 5.32 Å². The number of rotatable bonds is 5. The summed E-state index contributed by atoms with van der Waals surface area (Å²) in [6.45, 7) is 0. The van der Waals surface area contributed by atoms with E-state index in [0.717, 1.165) is 11.1 Å². The quantitative estimate of drug-likeness (QED) is 0.725. The fraction of sp³-hybridized carbons (Fsp3) is 0.0500. The number of carbonyl (C=O) groups is 1. The van der Waals surface area contributed by atoms with Gasteiger partial charge in [-0.25, -0.2) is 4.79 Å². The molecule has 3 nitrogen and oxygen atoms in total. The minimum Gasteiger partial charge on any atom is -0.478 e. The van der Waals surface area contributed by atoms with Gasteiger partial charge in [0.1, 0.15) is 0 Å². The Morgan fingerprint density at radius 2 is 1.22 bits per heavy atom. The Bertz CT molecular complexity index is 746. The summed E-state index contributed by atoms with van der Waals surface area (Å²) in [4.78, 5) is 11.4. The molecule has 0 aliphatic rings. The van der Waals surface area contributed by atoms with Crippen molar-refractivity contribution in [1.29, 1.82) is 0 Å². The predicted octanol–water partition coefficient (Wildman–Crippen LogP) is 4.59. The van der Waals surface area contributed by atoms with Crippen LogP contribution in [0.4, 0.5) is 5.69 Å². The number of para-hydroxylation sites is 1. The number of carboxylic acid groups (broad SMARTS) is 1. The number of anilines is 1. The highest BCUT2D eigenvalue weighted by Gasteiger charge is 2.17. The maximum atomic E-state index is 11.4. The molecule has 0 atom stereocenters. The van der Waals surface area contributed by atoms with E-state index in [1.54, 1.807) is 18.2 Å². The van der Waals surface area contributed by atoms with E-state index in [9.17, 15) is 9.90 Å². The highest BCUT2D eigenvalue weighted by atomic mass is 16.4. The molecule has 0 saturated carbocycles. The van der Waals surface area contributed by atoms with Crippen molar-refractivity contribution >= 4 is 11.7 Å². The first-order valence-corrected chi connectivity index (χ1v) is 7.44. The van der Waals surface area contributed by atoms with Crippen LogP contribution in [0, 0.1) is 0 Å². The average Bonchev–Trinajstić information content (AvgIpc) is 2.61. The van der Waals surface area contributed by atoms with Crippen LogP contribution in [0.5, 0.6) is 0 Å². The molecule has 3 aromatic rings. The second kappa shape index (κ2) is 6.79. The van der Waals surface area contributed by atoms with E-state index in [4.69, 9.17) is 0 Å². The summed E-state index contributed by atoms with van der Waals surface area (Å²) in [5.74, 6) is -0.937. The third kappa shape index (κ3) is 3.40. The molecule has 0 heterocycles. The van der Waals surface area contributed by atoms with Crippen molar-refractivity contribution in [3.63, 3.8) is 0 Å². The van der Waals surface area contributed by atoms with Crippen LogP contribution in [0.3, 0.4) is 0 Å². The number of benzene rings is 3. The van der Waals surface area contributed by atoms with Gasteiger partial charge < -0.3 is 10.4 Å². The number of hydrogen-bond donors (Lipinski definition) is 2. The fourth-order valence-electron chi connectivity index (χ4n) is 2.60. The van der Waals surface area contributed by atoms with Gasteiger partial charge in [0.05, 0.1) is 11.6 Å². The second-order valence-corrected chi connectivity index (χ2v) is 5.25. The van der Waals surface area contributed by atoms with Crippen LogP contribution in [0.25, 0.3) is 0 Å². The monoisotopic (exact) mass is 303 g/mol. The van der Waals surface area contributed by atoms with E-state index < -0.39 is 5.97 Å². The third-order valence-electron chi connectivity index (χ3n) is 3.72. The molecule has 0 unspecified atom stereocenters. The van der Waals surface area contributed by atoms with Crippen molar-refractivity contribution in [1.82, 2.24) is 0 Å². The summed E-state index contributed by atoms with van der Waals surface area (Å²) in [6.07, 6.45) is 0. The van der Waals surface area contributed by atoms with Crippen molar-refractivity contribution in [2.45, 2.75) is 6.04 Å². The average molecular weight is 303 g/mol. The summed E-state index contributed by atoms with van der Waals surface area (Å²) < 4.78 is 0. The molecule has 0 fully saturated rings. The summed E-state index contributed by atoms with van der Waals surface area (Å²) in [5.41, 5.74) is 3.04. The molecule has 0 saturated heterocycles. The van der Waals surface area contributed by atoms with Gasteiger partial charge in [0.25, 0.3) is 0 Å². The molecule has 0 amide bonds. The zero-order valence-corrected chi connectivity index (χ0v) is 12.5. The zero-order valence-electron chi connectivity index (χ0n) is 12.5.